The largest absolute Gasteiger partial charge is 0.480 e. The van der Waals surface area contributed by atoms with Gasteiger partial charge in [-0.2, -0.15) is 9.97 Å². The number of aryl methyl sites for hydroxylation is 4. The van der Waals surface area contributed by atoms with Gasteiger partial charge in [-0.25, -0.2) is 19.9 Å². The monoisotopic (exact) mass is 735 g/mol. The molecule has 9 nitrogen and oxygen atoms in total. The van der Waals surface area contributed by atoms with Gasteiger partial charge in [0.1, 0.15) is 16.8 Å². The lowest BCUT2D eigenvalue weighted by Gasteiger charge is -2.10. The zero-order valence-electron chi connectivity index (χ0n) is 27.1. The summed E-state index contributed by atoms with van der Waals surface area (Å²) < 4.78 is 11.7. The SMILES string of the molecule is CCc1nc(OC)c2cc(Br)ccc2n1.CCc1nc(OC)c2cc(Cc3c(C)ccnc3Cl)ccc2n1.Cc1ccnc(Cl)c1N. The first-order chi connectivity index (χ1) is 22.6. The van der Waals surface area contributed by atoms with E-state index < -0.39 is 0 Å². The number of anilines is 1. The maximum absolute atomic E-state index is 6.24. The van der Waals surface area contributed by atoms with Crippen molar-refractivity contribution >= 4 is 66.6 Å². The standard InChI is InChI=1S/C18H18ClN3O.C11H11BrN2O.C6H7ClN2/c1-4-16-21-15-6-5-12(10-14(15)18(22-16)23-3)9-13-11(2)7-8-20-17(13)19;1-3-10-13-9-5-4-7(12)6-8(9)11(14-10)15-2;1-4-2-3-9-6(7)5(4)8/h5-8,10H,4,9H2,1-3H3;4-6H,3H2,1-2H3;2-3H,8H2,1H3. The summed E-state index contributed by atoms with van der Waals surface area (Å²) in [5.41, 5.74) is 12.1. The second-order valence-electron chi connectivity index (χ2n) is 10.4. The Hall–Kier alpha value is -4.12. The van der Waals surface area contributed by atoms with Gasteiger partial charge in [-0.3, -0.25) is 0 Å². The van der Waals surface area contributed by atoms with Crippen LogP contribution in [0.5, 0.6) is 11.8 Å². The number of methoxy groups -OCH3 is 2. The molecule has 0 saturated carbocycles. The van der Waals surface area contributed by atoms with Crippen molar-refractivity contribution in [1.29, 1.82) is 0 Å². The average molecular weight is 738 g/mol. The molecular weight excluding hydrogens is 701 g/mol. The Morgan fingerprint density at radius 3 is 1.74 bits per heavy atom. The Morgan fingerprint density at radius 1 is 0.702 bits per heavy atom. The third kappa shape index (κ3) is 9.03. The summed E-state index contributed by atoms with van der Waals surface area (Å²) in [7, 11) is 3.26. The number of benzene rings is 2. The molecule has 0 aliphatic rings. The molecule has 2 aromatic carbocycles. The minimum atomic E-state index is 0.384. The quantitative estimate of drug-likeness (QED) is 0.167. The van der Waals surface area contributed by atoms with Crippen LogP contribution in [0.3, 0.4) is 0 Å². The van der Waals surface area contributed by atoms with E-state index in [4.69, 9.17) is 38.4 Å². The van der Waals surface area contributed by atoms with E-state index in [0.29, 0.717) is 34.2 Å². The number of nitrogens with two attached hydrogens (primary N) is 1. The highest BCUT2D eigenvalue weighted by molar-refractivity contribution is 9.10. The van der Waals surface area contributed by atoms with Crippen molar-refractivity contribution in [2.24, 2.45) is 0 Å². The van der Waals surface area contributed by atoms with E-state index in [9.17, 15) is 0 Å². The molecule has 6 rings (SSSR count). The molecule has 0 unspecified atom stereocenters. The van der Waals surface area contributed by atoms with Crippen molar-refractivity contribution in [1.82, 2.24) is 29.9 Å². The van der Waals surface area contributed by atoms with Gasteiger partial charge in [0, 0.05) is 36.1 Å². The zero-order valence-corrected chi connectivity index (χ0v) is 30.2. The number of pyridine rings is 2. The summed E-state index contributed by atoms with van der Waals surface area (Å²) in [5, 5.41) is 2.79. The maximum atomic E-state index is 6.24. The van der Waals surface area contributed by atoms with E-state index in [2.05, 4.69) is 58.0 Å². The number of hydrogen-bond acceptors (Lipinski definition) is 9. The summed E-state index contributed by atoms with van der Waals surface area (Å²) >= 11 is 15.2. The van der Waals surface area contributed by atoms with Crippen LogP contribution in [0.1, 0.15) is 47.8 Å². The molecule has 4 aromatic heterocycles. The molecule has 0 radical (unpaired) electrons. The minimum absolute atomic E-state index is 0.384. The highest BCUT2D eigenvalue weighted by atomic mass is 79.9. The van der Waals surface area contributed by atoms with Gasteiger partial charge in [-0.15, -0.1) is 0 Å². The summed E-state index contributed by atoms with van der Waals surface area (Å²) in [6, 6.07) is 15.8. The molecule has 0 aliphatic carbocycles. The topological polar surface area (TPSA) is 122 Å². The molecule has 0 saturated heterocycles. The van der Waals surface area contributed by atoms with E-state index >= 15 is 0 Å². The highest BCUT2D eigenvalue weighted by Gasteiger charge is 2.11. The number of aromatic nitrogens is 6. The Bertz CT molecular complexity index is 1970. The predicted octanol–water partition coefficient (Wildman–Crippen LogP) is 8.74. The molecule has 0 amide bonds. The number of fused-ring (bicyclic) bond motifs is 2. The van der Waals surface area contributed by atoms with Crippen molar-refractivity contribution in [2.75, 3.05) is 20.0 Å². The first kappa shape index (κ1) is 35.7. The zero-order chi connectivity index (χ0) is 34.1. The third-order valence-electron chi connectivity index (χ3n) is 7.24. The number of nitrogen functional groups attached to an aromatic ring is 1. The van der Waals surface area contributed by atoms with Crippen LogP contribution in [-0.4, -0.2) is 44.1 Å². The van der Waals surface area contributed by atoms with Crippen molar-refractivity contribution in [3.63, 3.8) is 0 Å². The van der Waals surface area contributed by atoms with E-state index in [1.54, 1.807) is 26.6 Å². The van der Waals surface area contributed by atoms with Crippen LogP contribution in [0.25, 0.3) is 21.8 Å². The van der Waals surface area contributed by atoms with Crippen LogP contribution in [-0.2, 0) is 19.3 Å². The van der Waals surface area contributed by atoms with Gasteiger partial charge < -0.3 is 15.2 Å². The molecule has 2 N–H and O–H groups in total. The van der Waals surface area contributed by atoms with Crippen molar-refractivity contribution < 1.29 is 9.47 Å². The molecule has 0 bridgehead atoms. The molecule has 0 aliphatic heterocycles. The molecule has 47 heavy (non-hydrogen) atoms. The Morgan fingerprint density at radius 2 is 1.23 bits per heavy atom. The second kappa shape index (κ2) is 16.6. The van der Waals surface area contributed by atoms with E-state index in [1.807, 2.05) is 64.1 Å². The van der Waals surface area contributed by atoms with Gasteiger partial charge in [0.25, 0.3) is 0 Å². The summed E-state index contributed by atoms with van der Waals surface area (Å²) in [6.07, 6.45) is 5.66. The summed E-state index contributed by atoms with van der Waals surface area (Å²) in [4.78, 5) is 25.7. The van der Waals surface area contributed by atoms with Crippen LogP contribution in [0.15, 0.2) is 65.4 Å². The average Bonchev–Trinajstić information content (AvgIpc) is 3.08. The minimum Gasteiger partial charge on any atom is -0.480 e. The summed E-state index contributed by atoms with van der Waals surface area (Å²) in [5.74, 6) is 2.84. The Kier molecular flexibility index (Phi) is 12.6. The van der Waals surface area contributed by atoms with Crippen LogP contribution in [0, 0.1) is 13.8 Å². The first-order valence-corrected chi connectivity index (χ1v) is 16.4. The lowest BCUT2D eigenvalue weighted by Crippen LogP contribution is -2.00. The summed E-state index contributed by atoms with van der Waals surface area (Å²) in [6.45, 7) is 7.99. The Balaban J connectivity index is 0.000000178. The second-order valence-corrected chi connectivity index (χ2v) is 12.1. The fraction of sp³-hybridized carbons (Fsp3) is 0.257. The fourth-order valence-corrected chi connectivity index (χ4v) is 5.40. The van der Waals surface area contributed by atoms with Crippen LogP contribution >= 0.6 is 39.1 Å². The third-order valence-corrected chi connectivity index (χ3v) is 8.36. The van der Waals surface area contributed by atoms with Gasteiger partial charge in [0.2, 0.25) is 11.8 Å². The molecule has 6 aromatic rings. The molecule has 12 heteroatoms. The van der Waals surface area contributed by atoms with E-state index in [-0.39, 0.29) is 0 Å². The van der Waals surface area contributed by atoms with Gasteiger partial charge in [-0.1, -0.05) is 59.0 Å². The molecule has 0 atom stereocenters. The molecule has 244 valence electrons. The molecule has 0 spiro atoms. The number of hydrogen-bond donors (Lipinski definition) is 1. The lowest BCUT2D eigenvalue weighted by molar-refractivity contribution is 0.400. The van der Waals surface area contributed by atoms with Crippen molar-refractivity contribution in [2.45, 2.75) is 47.0 Å². The predicted molar refractivity (Wildman–Crippen MR) is 194 cm³/mol. The smallest absolute Gasteiger partial charge is 0.224 e. The fourth-order valence-electron chi connectivity index (χ4n) is 4.56. The normalized spacial score (nSPS) is 10.6. The highest BCUT2D eigenvalue weighted by Crippen LogP contribution is 2.28. The number of ether oxygens (including phenoxy) is 2. The van der Waals surface area contributed by atoms with Crippen LogP contribution < -0.4 is 15.2 Å². The maximum Gasteiger partial charge on any atom is 0.224 e. The van der Waals surface area contributed by atoms with Gasteiger partial charge in [-0.05, 0) is 78.6 Å². The van der Waals surface area contributed by atoms with Crippen LogP contribution in [0.2, 0.25) is 10.3 Å². The Labute approximate surface area is 293 Å². The van der Waals surface area contributed by atoms with Gasteiger partial charge >= 0.3 is 0 Å². The lowest BCUT2D eigenvalue weighted by atomic mass is 10.0. The number of nitrogens with zero attached hydrogens (tertiary/aromatic N) is 6. The van der Waals surface area contributed by atoms with Crippen molar-refractivity contribution in [3.05, 3.63) is 110 Å². The molecule has 4 heterocycles. The van der Waals surface area contributed by atoms with Gasteiger partial charge in [0.05, 0.1) is 41.7 Å². The van der Waals surface area contributed by atoms with E-state index in [0.717, 1.165) is 73.0 Å². The first-order valence-electron chi connectivity index (χ1n) is 14.9. The van der Waals surface area contributed by atoms with Crippen molar-refractivity contribution in [3.8, 4) is 11.8 Å². The number of rotatable bonds is 6. The van der Waals surface area contributed by atoms with Crippen LogP contribution in [0.4, 0.5) is 5.69 Å². The number of halogens is 3. The molecular formula is C35H36BrCl2N7O2. The molecule has 0 fully saturated rings. The van der Waals surface area contributed by atoms with Gasteiger partial charge in [0.15, 0.2) is 5.15 Å². The van der Waals surface area contributed by atoms with E-state index in [1.165, 1.54) is 0 Å².